The summed E-state index contributed by atoms with van der Waals surface area (Å²) in [5.74, 6) is 0.338. The van der Waals surface area contributed by atoms with Crippen LogP contribution in [0.25, 0.3) is 5.76 Å². The molecule has 1 saturated heterocycles. The first-order chi connectivity index (χ1) is 18.5. The number of para-hydroxylation sites is 1. The number of hydrogen-bond acceptors (Lipinski definition) is 5. The molecule has 4 aromatic rings. The molecule has 4 aromatic carbocycles. The van der Waals surface area contributed by atoms with Crippen LogP contribution in [0, 0.1) is 6.92 Å². The Hall–Kier alpha value is -4.84. The van der Waals surface area contributed by atoms with Crippen LogP contribution in [0.15, 0.2) is 103 Å². The number of hydrogen-bond donors (Lipinski definition) is 1. The van der Waals surface area contributed by atoms with E-state index in [4.69, 9.17) is 9.47 Å². The van der Waals surface area contributed by atoms with Gasteiger partial charge in [0.05, 0.1) is 18.2 Å². The molecule has 6 rings (SSSR count). The van der Waals surface area contributed by atoms with Crippen LogP contribution in [-0.2, 0) is 16.0 Å². The molecular formula is C32H25NO5. The number of ether oxygens (including phenoxy) is 2. The smallest absolute Gasteiger partial charge is 0.300 e. The summed E-state index contributed by atoms with van der Waals surface area (Å²) in [7, 11) is 0. The Morgan fingerprint density at radius 2 is 1.66 bits per heavy atom. The fraction of sp³-hybridized carbons (Fsp3) is 0.125. The van der Waals surface area contributed by atoms with E-state index in [9.17, 15) is 14.7 Å². The Kier molecular flexibility index (Phi) is 5.92. The van der Waals surface area contributed by atoms with Crippen molar-refractivity contribution in [1.82, 2.24) is 0 Å². The van der Waals surface area contributed by atoms with E-state index in [1.807, 2.05) is 85.8 Å². The van der Waals surface area contributed by atoms with Crippen LogP contribution in [0.3, 0.4) is 0 Å². The number of nitrogens with zero attached hydrogens (tertiary/aromatic N) is 1. The molecule has 6 nitrogen and oxygen atoms in total. The molecule has 2 aliphatic heterocycles. The highest BCUT2D eigenvalue weighted by atomic mass is 16.5. The van der Waals surface area contributed by atoms with Crippen LogP contribution >= 0.6 is 0 Å². The van der Waals surface area contributed by atoms with Gasteiger partial charge in [-0.15, -0.1) is 0 Å². The lowest BCUT2D eigenvalue weighted by molar-refractivity contribution is -0.132. The number of fused-ring (bicyclic) bond motifs is 1. The number of carbonyl (C=O) groups excluding carboxylic acids is 2. The minimum atomic E-state index is -0.846. The van der Waals surface area contributed by atoms with Crippen molar-refractivity contribution in [2.45, 2.75) is 19.4 Å². The molecule has 38 heavy (non-hydrogen) atoms. The Morgan fingerprint density at radius 1 is 0.895 bits per heavy atom. The van der Waals surface area contributed by atoms with Gasteiger partial charge in [0.25, 0.3) is 11.7 Å². The van der Waals surface area contributed by atoms with Crippen molar-refractivity contribution in [1.29, 1.82) is 0 Å². The lowest BCUT2D eigenvalue weighted by Crippen LogP contribution is -2.29. The maximum Gasteiger partial charge on any atom is 0.300 e. The number of amides is 1. The van der Waals surface area contributed by atoms with Gasteiger partial charge in [0.1, 0.15) is 23.0 Å². The minimum absolute atomic E-state index is 0.0336. The molecule has 6 heteroatoms. The molecule has 0 spiro atoms. The Bertz CT molecular complexity index is 1570. The van der Waals surface area contributed by atoms with E-state index < -0.39 is 17.7 Å². The monoisotopic (exact) mass is 503 g/mol. The largest absolute Gasteiger partial charge is 0.507 e. The zero-order valence-corrected chi connectivity index (χ0v) is 20.8. The van der Waals surface area contributed by atoms with Gasteiger partial charge < -0.3 is 14.6 Å². The number of carbonyl (C=O) groups is 2. The first-order valence-corrected chi connectivity index (χ1v) is 12.5. The van der Waals surface area contributed by atoms with Gasteiger partial charge in [-0.3, -0.25) is 14.5 Å². The van der Waals surface area contributed by atoms with Crippen LogP contribution in [0.1, 0.15) is 28.3 Å². The number of aryl methyl sites for hydroxylation is 1. The van der Waals surface area contributed by atoms with E-state index in [1.165, 1.54) is 4.90 Å². The lowest BCUT2D eigenvalue weighted by atomic mass is 9.94. The number of aliphatic hydroxyl groups excluding tert-OH is 1. The first-order valence-electron chi connectivity index (χ1n) is 12.5. The van der Waals surface area contributed by atoms with Crippen LogP contribution in [0.5, 0.6) is 17.2 Å². The zero-order valence-electron chi connectivity index (χ0n) is 20.8. The van der Waals surface area contributed by atoms with Gasteiger partial charge in [-0.05, 0) is 72.6 Å². The maximum absolute atomic E-state index is 13.5. The molecule has 0 radical (unpaired) electrons. The lowest BCUT2D eigenvalue weighted by Gasteiger charge is -2.26. The number of ketones is 1. The number of Topliss-reactive ketones (excluding diaryl/α,β-unsaturated/α-hetero) is 1. The van der Waals surface area contributed by atoms with Crippen molar-refractivity contribution >= 4 is 23.1 Å². The molecule has 0 aromatic heterocycles. The third-order valence-corrected chi connectivity index (χ3v) is 6.87. The highest BCUT2D eigenvalue weighted by Gasteiger charge is 2.47. The Morgan fingerprint density at radius 3 is 2.45 bits per heavy atom. The molecule has 1 unspecified atom stereocenters. The summed E-state index contributed by atoms with van der Waals surface area (Å²) in [6.07, 6.45) is 0.719. The van der Waals surface area contributed by atoms with Crippen LogP contribution in [0.4, 0.5) is 5.69 Å². The molecule has 1 N–H and O–H groups in total. The van der Waals surface area contributed by atoms with Gasteiger partial charge in [-0.2, -0.15) is 0 Å². The van der Waals surface area contributed by atoms with Crippen molar-refractivity contribution in [2.75, 3.05) is 11.5 Å². The van der Waals surface area contributed by atoms with E-state index in [1.54, 1.807) is 18.2 Å². The van der Waals surface area contributed by atoms with E-state index in [0.29, 0.717) is 34.9 Å². The van der Waals surface area contributed by atoms with Gasteiger partial charge in [-0.1, -0.05) is 48.0 Å². The van der Waals surface area contributed by atoms with Gasteiger partial charge in [0, 0.05) is 17.7 Å². The van der Waals surface area contributed by atoms with Crippen molar-refractivity contribution in [3.05, 3.63) is 125 Å². The molecule has 188 valence electrons. The fourth-order valence-electron chi connectivity index (χ4n) is 4.98. The summed E-state index contributed by atoms with van der Waals surface area (Å²) in [4.78, 5) is 28.4. The third-order valence-electron chi connectivity index (χ3n) is 6.87. The molecule has 0 bridgehead atoms. The summed E-state index contributed by atoms with van der Waals surface area (Å²) >= 11 is 0. The normalized spacial score (nSPS) is 17.8. The molecular weight excluding hydrogens is 478 g/mol. The molecule has 1 fully saturated rings. The topological polar surface area (TPSA) is 76.1 Å². The molecule has 2 aliphatic rings. The molecule has 2 heterocycles. The predicted molar refractivity (Wildman–Crippen MR) is 145 cm³/mol. The summed E-state index contributed by atoms with van der Waals surface area (Å²) in [6, 6.07) is 28.5. The zero-order chi connectivity index (χ0) is 26.2. The van der Waals surface area contributed by atoms with Gasteiger partial charge in [-0.25, -0.2) is 0 Å². The summed E-state index contributed by atoms with van der Waals surface area (Å²) < 4.78 is 11.6. The fourth-order valence-corrected chi connectivity index (χ4v) is 4.98. The summed E-state index contributed by atoms with van der Waals surface area (Å²) in [6.45, 7) is 2.53. The highest BCUT2D eigenvalue weighted by molar-refractivity contribution is 6.51. The molecule has 1 atom stereocenters. The van der Waals surface area contributed by atoms with Crippen LogP contribution in [-0.4, -0.2) is 23.4 Å². The van der Waals surface area contributed by atoms with E-state index in [-0.39, 0.29) is 11.3 Å². The van der Waals surface area contributed by atoms with Crippen molar-refractivity contribution in [3.8, 4) is 17.2 Å². The number of rotatable bonds is 5. The molecule has 0 saturated carbocycles. The number of benzene rings is 4. The quantitative estimate of drug-likeness (QED) is 0.195. The maximum atomic E-state index is 13.5. The molecule has 0 aliphatic carbocycles. The van der Waals surface area contributed by atoms with Crippen molar-refractivity contribution < 1.29 is 24.2 Å². The van der Waals surface area contributed by atoms with Crippen molar-refractivity contribution in [3.63, 3.8) is 0 Å². The standard InChI is InChI=1S/C32H25NO5/c1-20-10-13-24(14-11-20)33-29(22-6-5-9-26(19-22)38-25-7-3-2-4-8-25)28(31(35)32(33)36)30(34)23-12-15-27-21(18-23)16-17-37-27/h2-15,18-19,29,34H,16-17H2,1H3/b30-28-. The number of anilines is 1. The Balaban J connectivity index is 1.49. The van der Waals surface area contributed by atoms with Crippen LogP contribution < -0.4 is 14.4 Å². The Labute approximate surface area is 220 Å². The van der Waals surface area contributed by atoms with Gasteiger partial charge in [0.2, 0.25) is 0 Å². The summed E-state index contributed by atoms with van der Waals surface area (Å²) in [5.41, 5.74) is 3.70. The highest BCUT2D eigenvalue weighted by Crippen LogP contribution is 2.43. The second-order valence-electron chi connectivity index (χ2n) is 9.41. The molecule has 1 amide bonds. The van der Waals surface area contributed by atoms with Gasteiger partial charge >= 0.3 is 0 Å². The van der Waals surface area contributed by atoms with Gasteiger partial charge in [0.15, 0.2) is 0 Å². The minimum Gasteiger partial charge on any atom is -0.507 e. The average Bonchev–Trinajstić information content (AvgIpc) is 3.51. The SMILES string of the molecule is Cc1ccc(N2C(=O)C(=O)/C(=C(\O)c3ccc4c(c3)CCO4)C2c2cccc(Oc3ccccc3)c2)cc1. The van der Waals surface area contributed by atoms with Crippen molar-refractivity contribution in [2.24, 2.45) is 0 Å². The average molecular weight is 504 g/mol. The predicted octanol–water partition coefficient (Wildman–Crippen LogP) is 6.35. The van der Waals surface area contributed by atoms with E-state index >= 15 is 0 Å². The van der Waals surface area contributed by atoms with E-state index in [2.05, 4.69) is 0 Å². The first kappa shape index (κ1) is 23.6. The third kappa shape index (κ3) is 4.20. The second-order valence-corrected chi connectivity index (χ2v) is 9.41. The second kappa shape index (κ2) is 9.56. The van der Waals surface area contributed by atoms with E-state index in [0.717, 1.165) is 23.3 Å². The van der Waals surface area contributed by atoms with Crippen LogP contribution in [0.2, 0.25) is 0 Å². The summed E-state index contributed by atoms with van der Waals surface area (Å²) in [5, 5.41) is 11.5. The number of aliphatic hydroxyl groups is 1.